The van der Waals surface area contributed by atoms with Gasteiger partial charge in [-0.1, -0.05) is 42.1 Å². The van der Waals surface area contributed by atoms with Crippen molar-refractivity contribution in [3.05, 3.63) is 70.4 Å². The molecule has 8 heteroatoms. The summed E-state index contributed by atoms with van der Waals surface area (Å²) in [5.74, 6) is 0.436. The topological polar surface area (TPSA) is 81.3 Å². The number of non-ortho nitro benzene ring substituents is 1. The number of benzene rings is 2. The fourth-order valence-corrected chi connectivity index (χ4v) is 4.54. The van der Waals surface area contributed by atoms with E-state index in [0.29, 0.717) is 16.5 Å². The van der Waals surface area contributed by atoms with E-state index in [2.05, 4.69) is 4.98 Å². The number of carbonyl (C=O) groups is 1. The quantitative estimate of drug-likeness (QED) is 0.333. The molecule has 1 aliphatic rings. The molecule has 2 heterocycles. The van der Waals surface area contributed by atoms with Crippen LogP contribution in [0.5, 0.6) is 0 Å². The number of nitro groups is 1. The highest BCUT2D eigenvalue weighted by Gasteiger charge is 2.21. The summed E-state index contributed by atoms with van der Waals surface area (Å²) in [5, 5.41) is 11.9. The maximum atomic E-state index is 12.5. The molecule has 4 rings (SSSR count). The number of nitrogens with zero attached hydrogens (tertiary/aromatic N) is 4. The van der Waals surface area contributed by atoms with Gasteiger partial charge in [0.1, 0.15) is 0 Å². The Hall–Kier alpha value is -3.13. The molecule has 0 saturated carbocycles. The highest BCUT2D eigenvalue weighted by Crippen LogP contribution is 2.32. The first-order valence-corrected chi connectivity index (χ1v) is 10.8. The van der Waals surface area contributed by atoms with Gasteiger partial charge in [-0.25, -0.2) is 4.98 Å². The summed E-state index contributed by atoms with van der Waals surface area (Å²) < 4.78 is 1.98. The van der Waals surface area contributed by atoms with Gasteiger partial charge in [-0.15, -0.1) is 0 Å². The number of rotatable bonds is 6. The van der Waals surface area contributed by atoms with Crippen molar-refractivity contribution in [3.8, 4) is 16.9 Å². The van der Waals surface area contributed by atoms with Crippen LogP contribution in [-0.4, -0.2) is 44.1 Å². The lowest BCUT2D eigenvalue weighted by atomic mass is 10.1. The van der Waals surface area contributed by atoms with Crippen molar-refractivity contribution >= 4 is 23.4 Å². The molecular formula is C22H22N4O3S. The minimum absolute atomic E-state index is 0.0310. The van der Waals surface area contributed by atoms with Gasteiger partial charge in [0.2, 0.25) is 5.91 Å². The molecule has 0 spiro atoms. The highest BCUT2D eigenvalue weighted by molar-refractivity contribution is 7.99. The lowest BCUT2D eigenvalue weighted by Crippen LogP contribution is -2.29. The van der Waals surface area contributed by atoms with E-state index in [4.69, 9.17) is 0 Å². The van der Waals surface area contributed by atoms with E-state index in [0.717, 1.165) is 42.9 Å². The average molecular weight is 423 g/mol. The lowest BCUT2D eigenvalue weighted by Gasteiger charge is -2.16. The van der Waals surface area contributed by atoms with Crippen molar-refractivity contribution in [2.24, 2.45) is 0 Å². The largest absolute Gasteiger partial charge is 0.342 e. The van der Waals surface area contributed by atoms with E-state index in [9.17, 15) is 14.9 Å². The van der Waals surface area contributed by atoms with Gasteiger partial charge in [-0.05, 0) is 31.4 Å². The van der Waals surface area contributed by atoms with Gasteiger partial charge in [0.15, 0.2) is 5.16 Å². The Morgan fingerprint density at radius 2 is 1.93 bits per heavy atom. The third-order valence-corrected chi connectivity index (χ3v) is 6.16. The van der Waals surface area contributed by atoms with E-state index in [1.807, 2.05) is 46.7 Å². The standard InChI is InChI=1S/C22H22N4O3S/c1-16-7-2-3-10-19(16)25-20(17-8-6-9-18(13-17)26(28)29)14-23-22(25)30-15-21(27)24-11-4-5-12-24/h2-3,6-10,13-14H,4-5,11-12,15H2,1H3. The predicted octanol–water partition coefficient (Wildman–Crippen LogP) is 4.47. The Balaban J connectivity index is 1.72. The molecule has 1 aromatic heterocycles. The second kappa shape index (κ2) is 8.71. The van der Waals surface area contributed by atoms with Crippen molar-refractivity contribution in [3.63, 3.8) is 0 Å². The second-order valence-corrected chi connectivity index (χ2v) is 8.17. The second-order valence-electron chi connectivity index (χ2n) is 7.23. The molecule has 154 valence electrons. The first-order chi connectivity index (χ1) is 14.5. The normalized spacial score (nSPS) is 13.6. The number of likely N-dealkylation sites (tertiary alicyclic amines) is 1. The smallest absolute Gasteiger partial charge is 0.270 e. The third-order valence-electron chi connectivity index (χ3n) is 5.22. The van der Waals surface area contributed by atoms with Crippen molar-refractivity contribution in [2.45, 2.75) is 24.9 Å². The number of carbonyl (C=O) groups excluding carboxylic acids is 1. The van der Waals surface area contributed by atoms with Gasteiger partial charge >= 0.3 is 0 Å². The molecular weight excluding hydrogens is 400 g/mol. The molecule has 1 aliphatic heterocycles. The van der Waals surface area contributed by atoms with Crippen LogP contribution < -0.4 is 0 Å². The number of aromatic nitrogens is 2. The minimum Gasteiger partial charge on any atom is -0.342 e. The van der Waals surface area contributed by atoms with Gasteiger partial charge in [0, 0.05) is 30.8 Å². The van der Waals surface area contributed by atoms with Crippen molar-refractivity contribution in [1.82, 2.24) is 14.5 Å². The van der Waals surface area contributed by atoms with Crippen LogP contribution in [-0.2, 0) is 4.79 Å². The zero-order chi connectivity index (χ0) is 21.1. The van der Waals surface area contributed by atoms with E-state index < -0.39 is 4.92 Å². The van der Waals surface area contributed by atoms with Crippen molar-refractivity contribution in [2.75, 3.05) is 18.8 Å². The molecule has 7 nitrogen and oxygen atoms in total. The molecule has 3 aromatic rings. The summed E-state index contributed by atoms with van der Waals surface area (Å²) in [5.41, 5.74) is 3.48. The Kier molecular flexibility index (Phi) is 5.85. The predicted molar refractivity (Wildman–Crippen MR) is 117 cm³/mol. The number of imidazole rings is 1. The van der Waals surface area contributed by atoms with Crippen LogP contribution in [0.25, 0.3) is 16.9 Å². The number of hydrogen-bond donors (Lipinski definition) is 0. The van der Waals surface area contributed by atoms with Crippen LogP contribution >= 0.6 is 11.8 Å². The number of amides is 1. The zero-order valence-electron chi connectivity index (χ0n) is 16.7. The maximum absolute atomic E-state index is 12.5. The molecule has 0 aliphatic carbocycles. The van der Waals surface area contributed by atoms with Crippen LogP contribution in [0.1, 0.15) is 18.4 Å². The monoisotopic (exact) mass is 422 g/mol. The summed E-state index contributed by atoms with van der Waals surface area (Å²) in [6.45, 7) is 3.66. The van der Waals surface area contributed by atoms with Crippen LogP contribution in [0.4, 0.5) is 5.69 Å². The molecule has 0 radical (unpaired) electrons. The average Bonchev–Trinajstić information content (AvgIpc) is 3.43. The van der Waals surface area contributed by atoms with Crippen LogP contribution in [0.2, 0.25) is 0 Å². The van der Waals surface area contributed by atoms with Crippen LogP contribution in [0.3, 0.4) is 0 Å². The molecule has 0 N–H and O–H groups in total. The molecule has 0 unspecified atom stereocenters. The highest BCUT2D eigenvalue weighted by atomic mass is 32.2. The number of thioether (sulfide) groups is 1. The number of aryl methyl sites for hydroxylation is 1. The summed E-state index contributed by atoms with van der Waals surface area (Å²) in [4.78, 5) is 29.8. The SMILES string of the molecule is Cc1ccccc1-n1c(-c2cccc([N+](=O)[O-])c2)cnc1SCC(=O)N1CCCC1. The van der Waals surface area contributed by atoms with E-state index in [1.165, 1.54) is 17.8 Å². The van der Waals surface area contributed by atoms with Gasteiger partial charge in [-0.3, -0.25) is 19.5 Å². The summed E-state index contributed by atoms with van der Waals surface area (Å²) in [6, 6.07) is 14.4. The number of nitro benzene ring substituents is 1. The first kappa shape index (κ1) is 20.2. The van der Waals surface area contributed by atoms with Gasteiger partial charge in [0.25, 0.3) is 5.69 Å². The van der Waals surface area contributed by atoms with Gasteiger partial charge in [-0.2, -0.15) is 0 Å². The van der Waals surface area contributed by atoms with Crippen LogP contribution in [0.15, 0.2) is 59.9 Å². The Morgan fingerprint density at radius 3 is 2.67 bits per heavy atom. The van der Waals surface area contributed by atoms with Gasteiger partial charge in [0.05, 0.1) is 28.3 Å². The molecule has 0 atom stereocenters. The van der Waals surface area contributed by atoms with Crippen molar-refractivity contribution in [1.29, 1.82) is 0 Å². The van der Waals surface area contributed by atoms with E-state index in [-0.39, 0.29) is 11.6 Å². The number of para-hydroxylation sites is 1. The fraction of sp³-hybridized carbons (Fsp3) is 0.273. The Labute approximate surface area is 178 Å². The van der Waals surface area contributed by atoms with Crippen molar-refractivity contribution < 1.29 is 9.72 Å². The van der Waals surface area contributed by atoms with E-state index >= 15 is 0 Å². The maximum Gasteiger partial charge on any atom is 0.270 e. The minimum atomic E-state index is -0.400. The fourth-order valence-electron chi connectivity index (χ4n) is 3.65. The Bertz CT molecular complexity index is 1090. The summed E-state index contributed by atoms with van der Waals surface area (Å²) >= 11 is 1.40. The first-order valence-electron chi connectivity index (χ1n) is 9.84. The van der Waals surface area contributed by atoms with E-state index in [1.54, 1.807) is 18.3 Å². The molecule has 0 bridgehead atoms. The van der Waals surface area contributed by atoms with Crippen LogP contribution in [0, 0.1) is 17.0 Å². The summed E-state index contributed by atoms with van der Waals surface area (Å²) in [7, 11) is 0. The third kappa shape index (κ3) is 4.09. The van der Waals surface area contributed by atoms with Gasteiger partial charge < -0.3 is 4.90 Å². The molecule has 30 heavy (non-hydrogen) atoms. The molecule has 1 fully saturated rings. The summed E-state index contributed by atoms with van der Waals surface area (Å²) in [6.07, 6.45) is 3.84. The lowest BCUT2D eigenvalue weighted by molar-refractivity contribution is -0.384. The molecule has 2 aromatic carbocycles. The Morgan fingerprint density at radius 1 is 1.17 bits per heavy atom. The number of hydrogen-bond acceptors (Lipinski definition) is 5. The zero-order valence-corrected chi connectivity index (χ0v) is 17.5. The molecule has 1 saturated heterocycles. The molecule has 1 amide bonds.